The number of aryl methyl sites for hydroxylation is 1. The van der Waals surface area contributed by atoms with Gasteiger partial charge in [0.25, 0.3) is 0 Å². The quantitative estimate of drug-likeness (QED) is 0.940. The van der Waals surface area contributed by atoms with Gasteiger partial charge in [0.05, 0.1) is 4.90 Å². The van der Waals surface area contributed by atoms with Gasteiger partial charge >= 0.3 is 0 Å². The number of primary sulfonamides is 1. The number of sulfonamides is 1. The van der Waals surface area contributed by atoms with E-state index in [1.807, 2.05) is 13.0 Å². The molecule has 0 radical (unpaired) electrons. The first-order valence-electron chi connectivity index (χ1n) is 7.92. The van der Waals surface area contributed by atoms with Crippen molar-refractivity contribution in [1.82, 2.24) is 0 Å². The molecule has 122 valence electrons. The Morgan fingerprint density at radius 1 is 1.22 bits per heavy atom. The van der Waals surface area contributed by atoms with E-state index in [0.717, 1.165) is 37.1 Å². The first-order chi connectivity index (χ1) is 10.9. The maximum atomic E-state index is 11.7. The van der Waals surface area contributed by atoms with Gasteiger partial charge in [-0.2, -0.15) is 0 Å². The molecule has 23 heavy (non-hydrogen) atoms. The van der Waals surface area contributed by atoms with Gasteiger partial charge in [-0.25, -0.2) is 13.6 Å². The molecule has 1 aliphatic rings. The highest BCUT2D eigenvalue weighted by Crippen LogP contribution is 2.34. The number of nitrogens with zero attached hydrogens (tertiary/aromatic N) is 1. The highest BCUT2D eigenvalue weighted by Gasteiger charge is 2.18. The summed E-state index contributed by atoms with van der Waals surface area (Å²) in [4.78, 5) is 2.58. The molecule has 2 N–H and O–H groups in total. The lowest BCUT2D eigenvalue weighted by Crippen LogP contribution is -2.28. The van der Waals surface area contributed by atoms with Gasteiger partial charge in [-0.15, -0.1) is 0 Å². The lowest BCUT2D eigenvalue weighted by molar-refractivity contribution is 0.597. The largest absolute Gasteiger partial charge is 0.372 e. The number of fused-ring (bicyclic) bond motifs is 1. The molecule has 1 heterocycles. The Morgan fingerprint density at radius 2 is 2.00 bits per heavy atom. The molecule has 2 aromatic rings. The van der Waals surface area contributed by atoms with Crippen molar-refractivity contribution in [3.05, 3.63) is 47.5 Å². The molecule has 0 spiro atoms. The van der Waals surface area contributed by atoms with Crippen LogP contribution in [0.5, 0.6) is 0 Å². The second-order valence-corrected chi connectivity index (χ2v) is 7.53. The average molecular weight is 330 g/mol. The van der Waals surface area contributed by atoms with Crippen LogP contribution in [0.4, 0.5) is 5.69 Å². The summed E-state index contributed by atoms with van der Waals surface area (Å²) >= 11 is 0. The fourth-order valence-electron chi connectivity index (χ4n) is 3.41. The second kappa shape index (κ2) is 5.98. The van der Waals surface area contributed by atoms with E-state index in [4.69, 9.17) is 5.14 Å². The number of benzene rings is 2. The normalized spacial score (nSPS) is 14.7. The molecule has 3 rings (SSSR count). The first-order valence-corrected chi connectivity index (χ1v) is 9.47. The summed E-state index contributed by atoms with van der Waals surface area (Å²) in [7, 11) is -3.70. The molecule has 0 aromatic heterocycles. The van der Waals surface area contributed by atoms with Crippen molar-refractivity contribution in [3.63, 3.8) is 0 Å². The molecule has 1 aliphatic heterocycles. The van der Waals surface area contributed by atoms with Crippen LogP contribution in [0.15, 0.2) is 41.3 Å². The van der Waals surface area contributed by atoms with Gasteiger partial charge in [0, 0.05) is 18.8 Å². The molecule has 2 aromatic carbocycles. The van der Waals surface area contributed by atoms with Gasteiger partial charge in [0.1, 0.15) is 0 Å². The fourth-order valence-corrected chi connectivity index (χ4v) is 4.21. The van der Waals surface area contributed by atoms with E-state index in [1.54, 1.807) is 12.1 Å². The molecule has 0 aliphatic carbocycles. The molecule has 0 saturated carbocycles. The standard InChI is InChI=1S/C18H22N2O2S/c1-3-20-11-5-6-15-12-14(9-10-17(15)20)16-7-4-8-18(13(16)2)23(19,21)22/h4,7-10,12H,3,5-6,11H2,1-2H3,(H2,19,21,22). The predicted molar refractivity (Wildman–Crippen MR) is 94.2 cm³/mol. The van der Waals surface area contributed by atoms with E-state index in [2.05, 4.69) is 30.0 Å². The molecule has 0 unspecified atom stereocenters. The zero-order valence-corrected chi connectivity index (χ0v) is 14.4. The molecule has 0 fully saturated rings. The summed E-state index contributed by atoms with van der Waals surface area (Å²) in [5, 5.41) is 5.32. The third-order valence-electron chi connectivity index (χ3n) is 4.58. The van der Waals surface area contributed by atoms with Crippen molar-refractivity contribution < 1.29 is 8.42 Å². The minimum absolute atomic E-state index is 0.197. The number of rotatable bonds is 3. The maximum Gasteiger partial charge on any atom is 0.238 e. The second-order valence-electron chi connectivity index (χ2n) is 6.00. The Hall–Kier alpha value is -1.85. The summed E-state index contributed by atoms with van der Waals surface area (Å²) < 4.78 is 23.4. The molecule has 0 atom stereocenters. The van der Waals surface area contributed by atoms with E-state index in [0.29, 0.717) is 5.56 Å². The minimum Gasteiger partial charge on any atom is -0.372 e. The minimum atomic E-state index is -3.70. The van der Waals surface area contributed by atoms with Crippen molar-refractivity contribution >= 4 is 15.7 Å². The molecular weight excluding hydrogens is 308 g/mol. The van der Waals surface area contributed by atoms with Crippen LogP contribution in [-0.2, 0) is 16.4 Å². The molecule has 4 nitrogen and oxygen atoms in total. The maximum absolute atomic E-state index is 11.7. The number of hydrogen-bond donors (Lipinski definition) is 1. The highest BCUT2D eigenvalue weighted by molar-refractivity contribution is 7.89. The van der Waals surface area contributed by atoms with Crippen molar-refractivity contribution in [3.8, 4) is 11.1 Å². The van der Waals surface area contributed by atoms with Gasteiger partial charge < -0.3 is 4.90 Å². The van der Waals surface area contributed by atoms with Crippen LogP contribution in [0.2, 0.25) is 0 Å². The van der Waals surface area contributed by atoms with E-state index in [-0.39, 0.29) is 4.90 Å². The topological polar surface area (TPSA) is 63.4 Å². The van der Waals surface area contributed by atoms with Crippen LogP contribution in [0.1, 0.15) is 24.5 Å². The Kier molecular flexibility index (Phi) is 4.17. The van der Waals surface area contributed by atoms with Crippen LogP contribution >= 0.6 is 0 Å². The van der Waals surface area contributed by atoms with Crippen molar-refractivity contribution in [2.24, 2.45) is 5.14 Å². The monoisotopic (exact) mass is 330 g/mol. The van der Waals surface area contributed by atoms with Gasteiger partial charge in [-0.05, 0) is 67.1 Å². The van der Waals surface area contributed by atoms with Crippen LogP contribution < -0.4 is 10.0 Å². The lowest BCUT2D eigenvalue weighted by atomic mass is 9.94. The van der Waals surface area contributed by atoms with Crippen molar-refractivity contribution in [2.45, 2.75) is 31.6 Å². The highest BCUT2D eigenvalue weighted by atomic mass is 32.2. The van der Waals surface area contributed by atoms with Crippen molar-refractivity contribution in [2.75, 3.05) is 18.0 Å². The van der Waals surface area contributed by atoms with E-state index in [9.17, 15) is 8.42 Å². The van der Waals surface area contributed by atoms with E-state index in [1.165, 1.54) is 11.3 Å². The number of hydrogen-bond acceptors (Lipinski definition) is 3. The van der Waals surface area contributed by atoms with E-state index >= 15 is 0 Å². The summed E-state index contributed by atoms with van der Waals surface area (Å²) in [6.45, 7) is 6.09. The Balaban J connectivity index is 2.11. The molecule has 5 heteroatoms. The summed E-state index contributed by atoms with van der Waals surface area (Å²) in [6, 6.07) is 11.7. The fraction of sp³-hybridized carbons (Fsp3) is 0.333. The summed E-state index contributed by atoms with van der Waals surface area (Å²) in [5.41, 5.74) is 5.30. The van der Waals surface area contributed by atoms with Crippen LogP contribution in [0.3, 0.4) is 0 Å². The third-order valence-corrected chi connectivity index (χ3v) is 5.63. The molecule has 0 bridgehead atoms. The lowest BCUT2D eigenvalue weighted by Gasteiger charge is -2.30. The summed E-state index contributed by atoms with van der Waals surface area (Å²) in [6.07, 6.45) is 2.22. The molecular formula is C18H22N2O2S. The average Bonchev–Trinajstić information content (AvgIpc) is 2.52. The van der Waals surface area contributed by atoms with Gasteiger partial charge in [0.2, 0.25) is 10.0 Å². The van der Waals surface area contributed by atoms with Gasteiger partial charge in [-0.3, -0.25) is 0 Å². The molecule has 0 amide bonds. The number of anilines is 1. The third kappa shape index (κ3) is 2.99. The first kappa shape index (κ1) is 16.0. The molecule has 0 saturated heterocycles. The Bertz CT molecular complexity index is 844. The zero-order valence-electron chi connectivity index (χ0n) is 13.5. The Morgan fingerprint density at radius 3 is 2.70 bits per heavy atom. The predicted octanol–water partition coefficient (Wildman–Crippen LogP) is 3.08. The zero-order chi connectivity index (χ0) is 16.6. The van der Waals surface area contributed by atoms with Gasteiger partial charge in [0.15, 0.2) is 0 Å². The Labute approximate surface area is 138 Å². The SMILES string of the molecule is CCN1CCCc2cc(-c3cccc(S(N)(=O)=O)c3C)ccc21. The van der Waals surface area contributed by atoms with Crippen LogP contribution in [0.25, 0.3) is 11.1 Å². The van der Waals surface area contributed by atoms with Crippen LogP contribution in [0, 0.1) is 6.92 Å². The van der Waals surface area contributed by atoms with E-state index < -0.39 is 10.0 Å². The van der Waals surface area contributed by atoms with Crippen LogP contribution in [-0.4, -0.2) is 21.5 Å². The smallest absolute Gasteiger partial charge is 0.238 e. The van der Waals surface area contributed by atoms with Gasteiger partial charge in [-0.1, -0.05) is 18.2 Å². The van der Waals surface area contributed by atoms with Crippen molar-refractivity contribution in [1.29, 1.82) is 0 Å². The summed E-state index contributed by atoms with van der Waals surface area (Å²) in [5.74, 6) is 0. The number of nitrogens with two attached hydrogens (primary N) is 1.